The second kappa shape index (κ2) is 4.86. The van der Waals surface area contributed by atoms with Gasteiger partial charge in [-0.15, -0.1) is 0 Å². The van der Waals surface area contributed by atoms with Crippen LogP contribution in [-0.2, 0) is 0 Å². The van der Waals surface area contributed by atoms with E-state index in [9.17, 15) is 4.79 Å². The second-order valence-corrected chi connectivity index (χ2v) is 5.20. The quantitative estimate of drug-likeness (QED) is 0.722. The highest BCUT2D eigenvalue weighted by Gasteiger charge is 2.29. The van der Waals surface area contributed by atoms with Crippen LogP contribution in [0.4, 0.5) is 0 Å². The molecule has 1 heterocycles. The van der Waals surface area contributed by atoms with Crippen molar-refractivity contribution >= 4 is 5.78 Å². The molecule has 0 spiro atoms. The fraction of sp³-hybridized carbons (Fsp3) is 0.643. The summed E-state index contributed by atoms with van der Waals surface area (Å²) in [5, 5.41) is 0. The molecule has 1 saturated carbocycles. The van der Waals surface area contributed by atoms with Crippen molar-refractivity contribution in [3.63, 3.8) is 0 Å². The number of furan rings is 1. The van der Waals surface area contributed by atoms with E-state index in [2.05, 4.69) is 13.8 Å². The maximum Gasteiger partial charge on any atom is 0.201 e. The molecule has 2 rings (SSSR count). The largest absolute Gasteiger partial charge is 0.461 e. The maximum absolute atomic E-state index is 12.0. The third kappa shape index (κ3) is 2.37. The van der Waals surface area contributed by atoms with E-state index in [1.165, 1.54) is 12.8 Å². The average Bonchev–Trinajstić information content (AvgIpc) is 2.81. The average molecular weight is 220 g/mol. The van der Waals surface area contributed by atoms with Gasteiger partial charge >= 0.3 is 0 Å². The molecule has 0 bridgehead atoms. The second-order valence-electron chi connectivity index (χ2n) is 5.20. The third-order valence-corrected chi connectivity index (χ3v) is 3.85. The van der Waals surface area contributed by atoms with Crippen LogP contribution in [0.3, 0.4) is 0 Å². The summed E-state index contributed by atoms with van der Waals surface area (Å²) in [6.07, 6.45) is 6.02. The number of carbonyl (C=O) groups excluding carboxylic acids is 1. The zero-order valence-electron chi connectivity index (χ0n) is 10.1. The van der Waals surface area contributed by atoms with E-state index in [1.54, 1.807) is 18.4 Å². The molecule has 1 aromatic rings. The van der Waals surface area contributed by atoms with Gasteiger partial charge in [-0.05, 0) is 49.7 Å². The minimum atomic E-state index is 0.196. The summed E-state index contributed by atoms with van der Waals surface area (Å²) in [5.74, 6) is 2.49. The van der Waals surface area contributed by atoms with Crippen molar-refractivity contribution in [2.45, 2.75) is 39.5 Å². The van der Waals surface area contributed by atoms with Gasteiger partial charge in [-0.2, -0.15) is 0 Å². The van der Waals surface area contributed by atoms with Gasteiger partial charge in [0.05, 0.1) is 6.26 Å². The van der Waals surface area contributed by atoms with Crippen LogP contribution in [0.25, 0.3) is 0 Å². The van der Waals surface area contributed by atoms with Crippen molar-refractivity contribution in [3.8, 4) is 0 Å². The number of rotatable bonds is 3. The first-order valence-corrected chi connectivity index (χ1v) is 6.26. The number of Topliss-reactive ketones (excluding diaryl/α,β-unsaturated/α-hetero) is 1. The number of hydrogen-bond acceptors (Lipinski definition) is 2. The smallest absolute Gasteiger partial charge is 0.201 e. The topological polar surface area (TPSA) is 30.2 Å². The Morgan fingerprint density at radius 2 is 2.00 bits per heavy atom. The van der Waals surface area contributed by atoms with Crippen LogP contribution in [0.2, 0.25) is 0 Å². The van der Waals surface area contributed by atoms with Gasteiger partial charge in [0, 0.05) is 5.92 Å². The molecule has 1 aliphatic rings. The molecular weight excluding hydrogens is 200 g/mol. The van der Waals surface area contributed by atoms with Gasteiger partial charge < -0.3 is 4.42 Å². The molecular formula is C14H20O2. The van der Waals surface area contributed by atoms with E-state index in [0.29, 0.717) is 5.76 Å². The van der Waals surface area contributed by atoms with Gasteiger partial charge in [-0.25, -0.2) is 0 Å². The number of hydrogen-bond donors (Lipinski definition) is 0. The van der Waals surface area contributed by atoms with Crippen LogP contribution in [0, 0.1) is 17.8 Å². The molecule has 0 N–H and O–H groups in total. The lowest BCUT2D eigenvalue weighted by atomic mass is 9.75. The van der Waals surface area contributed by atoms with Gasteiger partial charge in [0.2, 0.25) is 5.78 Å². The Balaban J connectivity index is 1.92. The fourth-order valence-corrected chi connectivity index (χ4v) is 2.67. The van der Waals surface area contributed by atoms with Crippen LogP contribution >= 0.6 is 0 Å². The first-order chi connectivity index (χ1) is 7.68. The Morgan fingerprint density at radius 1 is 1.31 bits per heavy atom. The summed E-state index contributed by atoms with van der Waals surface area (Å²) < 4.78 is 5.17. The Labute approximate surface area is 97.0 Å². The molecule has 0 unspecified atom stereocenters. The Hall–Kier alpha value is -1.05. The summed E-state index contributed by atoms with van der Waals surface area (Å²) in [4.78, 5) is 12.0. The van der Waals surface area contributed by atoms with E-state index in [-0.39, 0.29) is 11.7 Å². The molecule has 1 aliphatic carbocycles. The molecule has 0 aliphatic heterocycles. The summed E-state index contributed by atoms with van der Waals surface area (Å²) in [6, 6.07) is 3.56. The zero-order chi connectivity index (χ0) is 11.5. The van der Waals surface area contributed by atoms with Gasteiger partial charge in [0.1, 0.15) is 0 Å². The Kier molecular flexibility index (Phi) is 3.47. The molecule has 0 atom stereocenters. The lowest BCUT2D eigenvalue weighted by molar-refractivity contribution is 0.0830. The lowest BCUT2D eigenvalue weighted by Gasteiger charge is -2.29. The first-order valence-electron chi connectivity index (χ1n) is 6.26. The standard InChI is InChI=1S/C14H20O2/c1-10(2)11-5-7-12(8-6-11)14(15)13-4-3-9-16-13/h3-4,9-12H,5-8H2,1-2H3. The molecule has 0 aromatic carbocycles. The predicted molar refractivity (Wildman–Crippen MR) is 63.3 cm³/mol. The van der Waals surface area contributed by atoms with E-state index in [1.807, 2.05) is 0 Å². The predicted octanol–water partition coefficient (Wildman–Crippen LogP) is 3.92. The van der Waals surface area contributed by atoms with Gasteiger partial charge in [0.25, 0.3) is 0 Å². The molecule has 0 radical (unpaired) electrons. The van der Waals surface area contributed by atoms with Crippen molar-refractivity contribution < 1.29 is 9.21 Å². The van der Waals surface area contributed by atoms with E-state index >= 15 is 0 Å². The maximum atomic E-state index is 12.0. The fourth-order valence-electron chi connectivity index (χ4n) is 2.67. The highest BCUT2D eigenvalue weighted by Crippen LogP contribution is 2.34. The molecule has 0 saturated heterocycles. The van der Waals surface area contributed by atoms with Gasteiger partial charge in [-0.1, -0.05) is 13.8 Å². The highest BCUT2D eigenvalue weighted by molar-refractivity contribution is 5.95. The third-order valence-electron chi connectivity index (χ3n) is 3.85. The normalized spacial score (nSPS) is 25.9. The van der Waals surface area contributed by atoms with Crippen LogP contribution in [-0.4, -0.2) is 5.78 Å². The van der Waals surface area contributed by atoms with Crippen molar-refractivity contribution in [2.75, 3.05) is 0 Å². The summed E-state index contributed by atoms with van der Waals surface area (Å²) in [6.45, 7) is 4.55. The molecule has 88 valence electrons. The van der Waals surface area contributed by atoms with Crippen molar-refractivity contribution in [1.82, 2.24) is 0 Å². The SMILES string of the molecule is CC(C)C1CCC(C(=O)c2ccco2)CC1. The summed E-state index contributed by atoms with van der Waals surface area (Å²) in [7, 11) is 0. The van der Waals surface area contributed by atoms with E-state index < -0.39 is 0 Å². The van der Waals surface area contributed by atoms with E-state index in [4.69, 9.17) is 4.42 Å². The highest BCUT2D eigenvalue weighted by atomic mass is 16.3. The molecule has 1 aromatic heterocycles. The number of ketones is 1. The minimum absolute atomic E-state index is 0.196. The summed E-state index contributed by atoms with van der Waals surface area (Å²) >= 11 is 0. The van der Waals surface area contributed by atoms with Crippen LogP contribution in [0.15, 0.2) is 22.8 Å². The summed E-state index contributed by atoms with van der Waals surface area (Å²) in [5.41, 5.74) is 0. The first kappa shape index (κ1) is 11.4. The minimum Gasteiger partial charge on any atom is -0.461 e. The van der Waals surface area contributed by atoms with E-state index in [0.717, 1.165) is 24.7 Å². The molecule has 0 amide bonds. The Bertz CT molecular complexity index is 330. The van der Waals surface area contributed by atoms with Gasteiger partial charge in [-0.3, -0.25) is 4.79 Å². The van der Waals surface area contributed by atoms with Crippen molar-refractivity contribution in [3.05, 3.63) is 24.2 Å². The monoisotopic (exact) mass is 220 g/mol. The lowest BCUT2D eigenvalue weighted by Crippen LogP contribution is -2.24. The van der Waals surface area contributed by atoms with Crippen molar-refractivity contribution in [2.24, 2.45) is 17.8 Å². The molecule has 16 heavy (non-hydrogen) atoms. The number of carbonyl (C=O) groups is 1. The molecule has 2 nitrogen and oxygen atoms in total. The van der Waals surface area contributed by atoms with Crippen LogP contribution in [0.5, 0.6) is 0 Å². The molecule has 2 heteroatoms. The zero-order valence-corrected chi connectivity index (χ0v) is 10.1. The van der Waals surface area contributed by atoms with Gasteiger partial charge in [0.15, 0.2) is 5.76 Å². The van der Waals surface area contributed by atoms with Crippen LogP contribution in [0.1, 0.15) is 50.1 Å². The Morgan fingerprint density at radius 3 is 2.50 bits per heavy atom. The molecule has 1 fully saturated rings. The van der Waals surface area contributed by atoms with Crippen molar-refractivity contribution in [1.29, 1.82) is 0 Å². The van der Waals surface area contributed by atoms with Crippen LogP contribution < -0.4 is 0 Å².